The SMILES string of the molecule is COc1ccc(N([C@@H](C)c2ccc(Cl)cc2)S(=O)(=O)c2ccc(F)cc2)cc1. The zero-order valence-corrected chi connectivity index (χ0v) is 16.9. The van der Waals surface area contributed by atoms with Crippen molar-refractivity contribution in [2.45, 2.75) is 17.9 Å². The van der Waals surface area contributed by atoms with Crippen LogP contribution in [0.5, 0.6) is 5.75 Å². The molecule has 0 saturated carbocycles. The highest BCUT2D eigenvalue weighted by molar-refractivity contribution is 7.92. The molecule has 0 amide bonds. The highest BCUT2D eigenvalue weighted by atomic mass is 35.5. The second-order valence-corrected chi connectivity index (χ2v) is 8.43. The van der Waals surface area contributed by atoms with Crippen LogP contribution in [0.2, 0.25) is 5.02 Å². The van der Waals surface area contributed by atoms with E-state index in [-0.39, 0.29) is 4.90 Å². The summed E-state index contributed by atoms with van der Waals surface area (Å²) in [7, 11) is -2.42. The molecule has 3 rings (SSSR count). The van der Waals surface area contributed by atoms with E-state index in [9.17, 15) is 12.8 Å². The first kappa shape index (κ1) is 20.2. The van der Waals surface area contributed by atoms with Gasteiger partial charge in [-0.3, -0.25) is 4.31 Å². The van der Waals surface area contributed by atoms with Gasteiger partial charge in [0.2, 0.25) is 0 Å². The topological polar surface area (TPSA) is 46.6 Å². The van der Waals surface area contributed by atoms with Crippen LogP contribution in [-0.2, 0) is 10.0 Å². The van der Waals surface area contributed by atoms with Crippen LogP contribution in [0.15, 0.2) is 77.7 Å². The molecule has 3 aromatic carbocycles. The first-order chi connectivity index (χ1) is 13.3. The van der Waals surface area contributed by atoms with Crippen LogP contribution in [0.3, 0.4) is 0 Å². The molecule has 0 N–H and O–H groups in total. The molecule has 0 aliphatic rings. The van der Waals surface area contributed by atoms with Gasteiger partial charge in [0.25, 0.3) is 10.0 Å². The molecule has 0 aliphatic carbocycles. The third-order valence-electron chi connectivity index (χ3n) is 4.40. The van der Waals surface area contributed by atoms with Gasteiger partial charge in [-0.1, -0.05) is 23.7 Å². The van der Waals surface area contributed by atoms with E-state index in [1.54, 1.807) is 62.6 Å². The van der Waals surface area contributed by atoms with Crippen molar-refractivity contribution < 1.29 is 17.5 Å². The number of methoxy groups -OCH3 is 1. The Morgan fingerprint density at radius 1 is 0.929 bits per heavy atom. The lowest BCUT2D eigenvalue weighted by molar-refractivity contribution is 0.415. The molecule has 0 fully saturated rings. The molecule has 0 heterocycles. The molecule has 0 unspecified atom stereocenters. The lowest BCUT2D eigenvalue weighted by Gasteiger charge is -2.31. The molecule has 0 saturated heterocycles. The van der Waals surface area contributed by atoms with Gasteiger partial charge in [0, 0.05) is 5.02 Å². The second kappa shape index (κ2) is 8.20. The van der Waals surface area contributed by atoms with Gasteiger partial charge in [-0.05, 0) is 73.2 Å². The molecular weight excluding hydrogens is 401 g/mol. The zero-order valence-electron chi connectivity index (χ0n) is 15.3. The van der Waals surface area contributed by atoms with Gasteiger partial charge in [0.15, 0.2) is 0 Å². The first-order valence-electron chi connectivity index (χ1n) is 8.52. The normalized spacial score (nSPS) is 12.4. The Morgan fingerprint density at radius 2 is 1.50 bits per heavy atom. The minimum atomic E-state index is -3.96. The molecule has 0 spiro atoms. The average molecular weight is 420 g/mol. The molecular formula is C21H19ClFNO3S. The number of sulfonamides is 1. The van der Waals surface area contributed by atoms with E-state index >= 15 is 0 Å². The number of ether oxygens (including phenoxy) is 1. The lowest BCUT2D eigenvalue weighted by atomic mass is 10.1. The fourth-order valence-corrected chi connectivity index (χ4v) is 4.67. The van der Waals surface area contributed by atoms with Crippen molar-refractivity contribution in [3.05, 3.63) is 89.2 Å². The van der Waals surface area contributed by atoms with Crippen LogP contribution in [0.25, 0.3) is 0 Å². The fraction of sp³-hybridized carbons (Fsp3) is 0.143. The van der Waals surface area contributed by atoms with Crippen molar-refractivity contribution in [3.63, 3.8) is 0 Å². The van der Waals surface area contributed by atoms with Crippen molar-refractivity contribution >= 4 is 27.3 Å². The lowest BCUT2D eigenvalue weighted by Crippen LogP contribution is -2.33. The summed E-state index contributed by atoms with van der Waals surface area (Å²) in [6.45, 7) is 1.79. The molecule has 3 aromatic rings. The summed E-state index contributed by atoms with van der Waals surface area (Å²) in [5, 5.41) is 0.563. The maximum atomic E-state index is 13.4. The van der Waals surface area contributed by atoms with Gasteiger partial charge in [0.1, 0.15) is 11.6 Å². The summed E-state index contributed by atoms with van der Waals surface area (Å²) in [5.74, 6) is 0.114. The van der Waals surface area contributed by atoms with E-state index in [0.717, 1.165) is 17.7 Å². The molecule has 0 bridgehead atoms. The summed E-state index contributed by atoms with van der Waals surface area (Å²) in [4.78, 5) is 0.00512. The van der Waals surface area contributed by atoms with Gasteiger partial charge in [0.05, 0.1) is 23.7 Å². The summed E-state index contributed by atoms with van der Waals surface area (Å²) in [6, 6.07) is 18.0. The molecule has 4 nitrogen and oxygen atoms in total. The predicted molar refractivity (Wildman–Crippen MR) is 109 cm³/mol. The van der Waals surface area contributed by atoms with Crippen LogP contribution in [0.4, 0.5) is 10.1 Å². The molecule has 0 aromatic heterocycles. The van der Waals surface area contributed by atoms with E-state index < -0.39 is 21.9 Å². The standard InChI is InChI=1S/C21H19ClFNO3S/c1-15(16-3-5-17(22)6-4-16)24(19-9-11-20(27-2)12-10-19)28(25,26)21-13-7-18(23)8-14-21/h3-15H,1-2H3/t15-/m0/s1. The van der Waals surface area contributed by atoms with Crippen LogP contribution in [0, 0.1) is 5.82 Å². The highest BCUT2D eigenvalue weighted by Gasteiger charge is 2.30. The maximum Gasteiger partial charge on any atom is 0.264 e. The molecule has 28 heavy (non-hydrogen) atoms. The number of hydrogen-bond acceptors (Lipinski definition) is 3. The Labute approximate surface area is 169 Å². The molecule has 7 heteroatoms. The van der Waals surface area contributed by atoms with Crippen LogP contribution >= 0.6 is 11.6 Å². The highest BCUT2D eigenvalue weighted by Crippen LogP contribution is 2.34. The maximum absolute atomic E-state index is 13.4. The Balaban J connectivity index is 2.12. The number of benzene rings is 3. The minimum Gasteiger partial charge on any atom is -0.497 e. The molecule has 0 aliphatic heterocycles. The van der Waals surface area contributed by atoms with Gasteiger partial charge in [-0.2, -0.15) is 0 Å². The quantitative estimate of drug-likeness (QED) is 0.534. The van der Waals surface area contributed by atoms with Crippen molar-refractivity contribution in [2.24, 2.45) is 0 Å². The van der Waals surface area contributed by atoms with Crippen molar-refractivity contribution in [1.29, 1.82) is 0 Å². The number of halogens is 2. The number of rotatable bonds is 6. The third kappa shape index (κ3) is 4.13. The van der Waals surface area contributed by atoms with Gasteiger partial charge >= 0.3 is 0 Å². The van der Waals surface area contributed by atoms with Crippen LogP contribution in [0.1, 0.15) is 18.5 Å². The molecule has 0 radical (unpaired) electrons. The second-order valence-electron chi connectivity index (χ2n) is 6.18. The van der Waals surface area contributed by atoms with Crippen molar-refractivity contribution in [3.8, 4) is 5.75 Å². The smallest absolute Gasteiger partial charge is 0.264 e. The van der Waals surface area contributed by atoms with Gasteiger partial charge in [-0.15, -0.1) is 0 Å². The van der Waals surface area contributed by atoms with E-state index in [1.807, 2.05) is 0 Å². The van der Waals surface area contributed by atoms with Crippen molar-refractivity contribution in [2.75, 3.05) is 11.4 Å². The number of nitrogens with zero attached hydrogens (tertiary/aromatic N) is 1. The Kier molecular flexibility index (Phi) is 5.91. The molecule has 146 valence electrons. The van der Waals surface area contributed by atoms with Crippen LogP contribution < -0.4 is 9.04 Å². The van der Waals surface area contributed by atoms with Gasteiger partial charge < -0.3 is 4.74 Å². The first-order valence-corrected chi connectivity index (χ1v) is 10.3. The molecule has 1 atom stereocenters. The Hall–Kier alpha value is -2.57. The zero-order chi connectivity index (χ0) is 20.3. The van der Waals surface area contributed by atoms with E-state index in [4.69, 9.17) is 16.3 Å². The monoisotopic (exact) mass is 419 g/mol. The minimum absolute atomic E-state index is 0.00512. The van der Waals surface area contributed by atoms with E-state index in [0.29, 0.717) is 16.5 Å². The average Bonchev–Trinajstić information content (AvgIpc) is 2.69. The van der Waals surface area contributed by atoms with Crippen molar-refractivity contribution in [1.82, 2.24) is 0 Å². The predicted octanol–water partition coefficient (Wildman–Crippen LogP) is 5.44. The van der Waals surface area contributed by atoms with E-state index in [1.165, 1.54) is 16.4 Å². The summed E-state index contributed by atoms with van der Waals surface area (Å²) in [5.41, 5.74) is 1.23. The van der Waals surface area contributed by atoms with E-state index in [2.05, 4.69) is 0 Å². The summed E-state index contributed by atoms with van der Waals surface area (Å²) in [6.07, 6.45) is 0. The number of hydrogen-bond donors (Lipinski definition) is 0. The fourth-order valence-electron chi connectivity index (χ4n) is 2.90. The Bertz CT molecular complexity index is 1040. The Morgan fingerprint density at radius 3 is 2.04 bits per heavy atom. The largest absolute Gasteiger partial charge is 0.497 e. The summed E-state index contributed by atoms with van der Waals surface area (Å²) >= 11 is 5.97. The van der Waals surface area contributed by atoms with Gasteiger partial charge in [-0.25, -0.2) is 12.8 Å². The number of anilines is 1. The van der Waals surface area contributed by atoms with Crippen LogP contribution in [-0.4, -0.2) is 15.5 Å². The summed E-state index contributed by atoms with van der Waals surface area (Å²) < 4.78 is 46.6. The third-order valence-corrected chi connectivity index (χ3v) is 6.57.